The Morgan fingerprint density at radius 3 is 2.40 bits per heavy atom. The molecule has 2 aromatic rings. The van der Waals surface area contributed by atoms with Gasteiger partial charge in [-0.05, 0) is 81.1 Å². The van der Waals surface area contributed by atoms with E-state index in [9.17, 15) is 24.6 Å². The van der Waals surface area contributed by atoms with Crippen LogP contribution >= 0.6 is 0 Å². The molecule has 212 valence electrons. The highest BCUT2D eigenvalue weighted by molar-refractivity contribution is 6.06. The third-order valence-corrected chi connectivity index (χ3v) is 7.69. The molecule has 2 unspecified atom stereocenters. The van der Waals surface area contributed by atoms with Crippen molar-refractivity contribution in [2.75, 3.05) is 38.6 Å². The normalized spacial score (nSPS) is 20.0. The van der Waals surface area contributed by atoms with Crippen LogP contribution in [0.2, 0.25) is 0 Å². The summed E-state index contributed by atoms with van der Waals surface area (Å²) in [5, 5.41) is 25.4. The van der Waals surface area contributed by atoms with Crippen molar-refractivity contribution in [1.29, 1.82) is 0 Å². The lowest BCUT2D eigenvalue weighted by Crippen LogP contribution is -2.40. The number of allylic oxidation sites excluding steroid dienone is 1. The molecule has 4 rings (SSSR count). The molecular weight excluding hydrogens is 512 g/mol. The van der Waals surface area contributed by atoms with E-state index in [2.05, 4.69) is 32.7 Å². The van der Waals surface area contributed by atoms with Crippen LogP contribution in [0.15, 0.2) is 64.8 Å². The highest BCUT2D eigenvalue weighted by Gasteiger charge is 2.41. The number of benzene rings is 2. The molecule has 1 fully saturated rings. The lowest BCUT2D eigenvalue weighted by molar-refractivity contribution is -0.140. The van der Waals surface area contributed by atoms with E-state index in [-0.39, 0.29) is 17.3 Å². The fourth-order valence-electron chi connectivity index (χ4n) is 5.69. The summed E-state index contributed by atoms with van der Waals surface area (Å²) in [6.45, 7) is 6.24. The second-order valence-corrected chi connectivity index (χ2v) is 10.2. The number of piperidine rings is 1. The minimum Gasteiger partial charge on any atom is -0.497 e. The highest BCUT2D eigenvalue weighted by atomic mass is 16.5. The Kier molecular flexibility index (Phi) is 9.21. The van der Waals surface area contributed by atoms with Crippen molar-refractivity contribution in [1.82, 2.24) is 10.2 Å². The zero-order chi connectivity index (χ0) is 28.8. The molecule has 2 aromatic carbocycles. The molecule has 0 aliphatic carbocycles. The van der Waals surface area contributed by atoms with Crippen molar-refractivity contribution in [2.24, 2.45) is 10.9 Å². The van der Waals surface area contributed by atoms with Gasteiger partial charge in [-0.1, -0.05) is 24.3 Å². The van der Waals surface area contributed by atoms with Gasteiger partial charge in [-0.2, -0.15) is 0 Å². The van der Waals surface area contributed by atoms with Crippen LogP contribution in [-0.2, 0) is 9.59 Å². The summed E-state index contributed by atoms with van der Waals surface area (Å²) in [7, 11) is 1.68. The van der Waals surface area contributed by atoms with Gasteiger partial charge in [-0.15, -0.1) is 0 Å². The SMILES string of the molecule is COc1cccc(C2CCN(CCNC(=O)Nc3cccc(C4C(C(=O)O)=C(C)N=C(C)C4C(=O)O)c3)CC2)c1. The molecule has 2 heterocycles. The summed E-state index contributed by atoms with van der Waals surface area (Å²) in [5.74, 6) is -3.05. The smallest absolute Gasteiger partial charge is 0.334 e. The standard InChI is InChI=1S/C30H36N4O6/c1-18-25(28(35)36)27(26(29(37)38)19(2)32-18)22-7-4-8-23(16-22)33-30(39)31-12-15-34-13-10-20(11-14-34)21-6-5-9-24(17-21)40-3/h4-9,16-17,20,25,27H,10-15H2,1-3H3,(H,35,36)(H,37,38)(H2,31,33,39). The second kappa shape index (κ2) is 12.8. The molecule has 10 heteroatoms. The van der Waals surface area contributed by atoms with Crippen molar-refractivity contribution >= 4 is 29.4 Å². The number of urea groups is 1. The number of amides is 2. The van der Waals surface area contributed by atoms with E-state index in [0.29, 0.717) is 29.4 Å². The van der Waals surface area contributed by atoms with E-state index in [0.717, 1.165) is 38.2 Å². The van der Waals surface area contributed by atoms with E-state index in [4.69, 9.17) is 4.74 Å². The number of rotatable bonds is 9. The fraction of sp³-hybridized carbons (Fsp3) is 0.400. The number of hydrogen-bond acceptors (Lipinski definition) is 6. The monoisotopic (exact) mass is 548 g/mol. The van der Waals surface area contributed by atoms with Crippen LogP contribution in [0.4, 0.5) is 10.5 Å². The number of carboxylic acids is 2. The van der Waals surface area contributed by atoms with Gasteiger partial charge in [0.15, 0.2) is 0 Å². The van der Waals surface area contributed by atoms with Gasteiger partial charge in [0, 0.05) is 36.1 Å². The number of nitrogens with zero attached hydrogens (tertiary/aromatic N) is 2. The number of carbonyl (C=O) groups excluding carboxylic acids is 1. The zero-order valence-corrected chi connectivity index (χ0v) is 23.0. The predicted molar refractivity (Wildman–Crippen MR) is 152 cm³/mol. The Bertz CT molecular complexity index is 1330. The van der Waals surface area contributed by atoms with Gasteiger partial charge in [0.25, 0.3) is 0 Å². The summed E-state index contributed by atoms with van der Waals surface area (Å²) >= 11 is 0. The molecule has 2 aliphatic rings. The summed E-state index contributed by atoms with van der Waals surface area (Å²) in [6, 6.07) is 14.5. The third kappa shape index (κ3) is 6.69. The van der Waals surface area contributed by atoms with Gasteiger partial charge in [0.05, 0.1) is 12.7 Å². The van der Waals surface area contributed by atoms with E-state index in [1.54, 1.807) is 45.2 Å². The van der Waals surface area contributed by atoms with Crippen LogP contribution in [0.3, 0.4) is 0 Å². The van der Waals surface area contributed by atoms with E-state index in [1.807, 2.05) is 12.1 Å². The summed E-state index contributed by atoms with van der Waals surface area (Å²) in [5.41, 5.74) is 2.77. The molecule has 2 aliphatic heterocycles. The molecule has 1 saturated heterocycles. The largest absolute Gasteiger partial charge is 0.497 e. The van der Waals surface area contributed by atoms with Gasteiger partial charge in [-0.3, -0.25) is 9.79 Å². The second-order valence-electron chi connectivity index (χ2n) is 10.2. The van der Waals surface area contributed by atoms with E-state index in [1.165, 1.54) is 5.56 Å². The first kappa shape index (κ1) is 28.8. The Labute approximate surface area is 233 Å². The molecule has 2 amide bonds. The average Bonchev–Trinajstić information content (AvgIpc) is 2.92. The Hall–Kier alpha value is -4.18. The first-order valence-corrected chi connectivity index (χ1v) is 13.4. The maximum absolute atomic E-state index is 12.6. The molecule has 0 spiro atoms. The predicted octanol–water partition coefficient (Wildman–Crippen LogP) is 4.31. The summed E-state index contributed by atoms with van der Waals surface area (Å²) < 4.78 is 5.35. The van der Waals surface area contributed by atoms with Gasteiger partial charge >= 0.3 is 18.0 Å². The van der Waals surface area contributed by atoms with Crippen LogP contribution in [-0.4, -0.2) is 72.1 Å². The molecule has 0 aromatic heterocycles. The van der Waals surface area contributed by atoms with Crippen molar-refractivity contribution < 1.29 is 29.3 Å². The van der Waals surface area contributed by atoms with Crippen molar-refractivity contribution in [3.05, 3.63) is 70.9 Å². The quantitative estimate of drug-likeness (QED) is 0.366. The van der Waals surface area contributed by atoms with Gasteiger partial charge in [-0.25, -0.2) is 9.59 Å². The topological polar surface area (TPSA) is 141 Å². The number of aliphatic imine (C=N–C) groups is 1. The maximum Gasteiger partial charge on any atom is 0.334 e. The Morgan fingerprint density at radius 2 is 1.73 bits per heavy atom. The molecular formula is C30H36N4O6. The number of likely N-dealkylation sites (tertiary alicyclic amines) is 1. The molecule has 10 nitrogen and oxygen atoms in total. The van der Waals surface area contributed by atoms with Crippen molar-refractivity contribution in [3.8, 4) is 5.75 Å². The minimum atomic E-state index is -1.21. The Morgan fingerprint density at radius 1 is 1.02 bits per heavy atom. The van der Waals surface area contributed by atoms with Crippen LogP contribution < -0.4 is 15.4 Å². The molecule has 0 bridgehead atoms. The number of methoxy groups -OCH3 is 1. The number of aliphatic carboxylic acids is 2. The van der Waals surface area contributed by atoms with Crippen LogP contribution in [0.25, 0.3) is 0 Å². The minimum absolute atomic E-state index is 0.0604. The maximum atomic E-state index is 12.6. The van der Waals surface area contributed by atoms with Crippen molar-refractivity contribution in [2.45, 2.75) is 38.5 Å². The van der Waals surface area contributed by atoms with Gasteiger partial charge in [0.1, 0.15) is 11.7 Å². The highest BCUT2D eigenvalue weighted by Crippen LogP contribution is 2.39. The van der Waals surface area contributed by atoms with Crippen LogP contribution in [0, 0.1) is 5.92 Å². The number of nitrogens with one attached hydrogen (secondary N) is 2. The molecule has 2 atom stereocenters. The number of carboxylic acid groups (broad SMARTS) is 2. The van der Waals surface area contributed by atoms with Gasteiger partial charge in [0.2, 0.25) is 0 Å². The first-order valence-electron chi connectivity index (χ1n) is 13.4. The number of ether oxygens (including phenoxy) is 1. The van der Waals surface area contributed by atoms with E-state index < -0.39 is 23.8 Å². The molecule has 4 N–H and O–H groups in total. The zero-order valence-electron chi connectivity index (χ0n) is 23.0. The molecule has 0 radical (unpaired) electrons. The Balaban J connectivity index is 1.32. The molecule has 0 saturated carbocycles. The number of carbonyl (C=O) groups is 3. The van der Waals surface area contributed by atoms with E-state index >= 15 is 0 Å². The fourth-order valence-corrected chi connectivity index (χ4v) is 5.69. The lowest BCUT2D eigenvalue weighted by Gasteiger charge is -2.32. The summed E-state index contributed by atoms with van der Waals surface area (Å²) in [6.07, 6.45) is 2.09. The molecule has 40 heavy (non-hydrogen) atoms. The third-order valence-electron chi connectivity index (χ3n) is 7.69. The summed E-state index contributed by atoms with van der Waals surface area (Å²) in [4.78, 5) is 43.2. The first-order chi connectivity index (χ1) is 19.2. The average molecular weight is 549 g/mol. The lowest BCUT2D eigenvalue weighted by atomic mass is 9.75. The number of hydrogen-bond donors (Lipinski definition) is 4. The number of anilines is 1. The van der Waals surface area contributed by atoms with Crippen molar-refractivity contribution in [3.63, 3.8) is 0 Å². The van der Waals surface area contributed by atoms with Gasteiger partial charge < -0.3 is 30.5 Å². The van der Waals surface area contributed by atoms with Crippen LogP contribution in [0.5, 0.6) is 5.75 Å². The van der Waals surface area contributed by atoms with Crippen LogP contribution in [0.1, 0.15) is 49.7 Å².